The van der Waals surface area contributed by atoms with Crippen LogP contribution in [0.3, 0.4) is 0 Å². The summed E-state index contributed by atoms with van der Waals surface area (Å²) in [7, 11) is 4.15. The molecule has 8 N–H and O–H groups in total. The van der Waals surface area contributed by atoms with Gasteiger partial charge in [0.15, 0.2) is 28.9 Å². The molecule has 642 valence electrons. The van der Waals surface area contributed by atoms with Crippen LogP contribution in [0.2, 0.25) is 0 Å². The van der Waals surface area contributed by atoms with Gasteiger partial charge >= 0.3 is 0 Å². The van der Waals surface area contributed by atoms with Gasteiger partial charge in [0.25, 0.3) is 0 Å². The van der Waals surface area contributed by atoms with Crippen LogP contribution in [-0.4, -0.2) is 228 Å². The predicted octanol–water partition coefficient (Wildman–Crippen LogP) is 14.2. The lowest BCUT2D eigenvalue weighted by Gasteiger charge is -2.33. The predicted molar refractivity (Wildman–Crippen MR) is 487 cm³/mol. The lowest BCUT2D eigenvalue weighted by Crippen LogP contribution is -2.39. The summed E-state index contributed by atoms with van der Waals surface area (Å²) in [6, 6.07) is 30.1. The van der Waals surface area contributed by atoms with Crippen LogP contribution >= 0.6 is 0 Å². The molecule has 5 aromatic carbocycles. The Morgan fingerprint density at radius 2 is 0.715 bits per heavy atom. The maximum atomic E-state index is 11.7. The zero-order valence-corrected chi connectivity index (χ0v) is 72.7. The van der Waals surface area contributed by atoms with Gasteiger partial charge in [-0.2, -0.15) is 0 Å². The molecule has 8 heterocycles. The Morgan fingerprint density at radius 1 is 0.398 bits per heavy atom. The molecule has 0 amide bonds. The third-order valence-electron chi connectivity index (χ3n) is 24.5. The van der Waals surface area contributed by atoms with Crippen molar-refractivity contribution in [3.63, 3.8) is 0 Å². The Hall–Kier alpha value is -11.4. The Labute approximate surface area is 722 Å². The molecule has 8 aliphatic rings. The maximum absolute atomic E-state index is 11.7. The van der Waals surface area contributed by atoms with Gasteiger partial charge in [0.2, 0.25) is 0 Å². The number of benzene rings is 5. The number of aliphatic hydroxyl groups excluding tert-OH is 1. The summed E-state index contributed by atoms with van der Waals surface area (Å²) in [5, 5.41) is 27.5. The van der Waals surface area contributed by atoms with Gasteiger partial charge < -0.3 is 57.0 Å². The first-order valence-corrected chi connectivity index (χ1v) is 44.0. The lowest BCUT2D eigenvalue weighted by molar-refractivity contribution is 0.100. The molecule has 5 aliphatic carbocycles. The number of aromatic nitrogens is 10. The maximum Gasteiger partial charge on any atom is 0.159 e. The van der Waals surface area contributed by atoms with Crippen LogP contribution in [0.25, 0.3) is 55.6 Å². The van der Waals surface area contributed by atoms with Crippen molar-refractivity contribution < 1.29 is 29.1 Å². The number of Topliss-reactive ketones (excluding diaryl/α,β-unsaturated/α-hetero) is 5. The van der Waals surface area contributed by atoms with Gasteiger partial charge in [0.05, 0.1) is 34.6 Å². The number of hydrogen-bond donors (Lipinski definition) is 7. The van der Waals surface area contributed by atoms with Crippen LogP contribution in [0.1, 0.15) is 227 Å². The third kappa shape index (κ3) is 21.8. The number of ketones is 5. The molecule has 3 aliphatic heterocycles. The number of hydrogen-bond acceptors (Lipinski definition) is 26. The summed E-state index contributed by atoms with van der Waals surface area (Å²) in [5.41, 5.74) is 31.1. The van der Waals surface area contributed by atoms with Gasteiger partial charge in [-0.1, -0.05) is 79.9 Å². The summed E-state index contributed by atoms with van der Waals surface area (Å²) < 4.78 is 0. The third-order valence-corrected chi connectivity index (χ3v) is 24.5. The standard InChI is InChI=1S/C22H28N4O.C21H26N4O2.C20H24N4O.C18H22N4O.C16H18N4O/c1-15-6-3-4-10-26(15)11-5-9-23-22-21-19-8-7-17(16(2)27)12-18(19)13-20(21)24-14-25-22;1-14(26)15-5-6-18-16(9-15)10-19-20(18)21(24-13-23-19)22-11-17(27)12-25-7-3-2-4-8-25;1-14(25)15-5-6-17-16(11-15)12-18-19(17)20(23-13-22-18)21-7-10-24-8-3-2-4-9-24;1-12(23)13-5-6-15-14(9-13)10-16-17(15)18(21-11-20-16)19-7-4-8-22(2)3;1-10(21)11-3-4-13-12(7-11)8-14-15(13)16(20-9-19-14)18-6-2-5-17/h7-8,12,14-15H,3-6,9-11,13H2,1-2H3,(H,23,24,25);5-6,9,13,17,27H,2-4,7-8,10-12H2,1H3,(H,22,23,24);5-6,11,13H,2-4,7-10,12H2,1H3,(H,21,22,23);5-6,9,11H,4,7-8,10H2,1-3H3,(H,19,20,21);3-4,7,9H,2,5-6,8,17H2,1H3,(H,18,19,20). The first kappa shape index (κ1) is 87.9. The van der Waals surface area contributed by atoms with E-state index in [0.29, 0.717) is 32.1 Å². The van der Waals surface area contributed by atoms with E-state index >= 15 is 0 Å². The van der Waals surface area contributed by atoms with Gasteiger partial charge in [-0.25, -0.2) is 49.8 Å². The van der Waals surface area contributed by atoms with E-state index in [2.05, 4.69) is 117 Å². The number of carbonyl (C=O) groups excluding carboxylic acids is 5. The molecule has 0 spiro atoms. The van der Waals surface area contributed by atoms with E-state index in [9.17, 15) is 29.1 Å². The molecule has 0 radical (unpaired) electrons. The van der Waals surface area contributed by atoms with Crippen LogP contribution in [0.4, 0.5) is 29.1 Å². The van der Waals surface area contributed by atoms with Gasteiger partial charge in [0.1, 0.15) is 60.7 Å². The second kappa shape index (κ2) is 41.7. The average molecular weight is 1660 g/mol. The van der Waals surface area contributed by atoms with Crippen molar-refractivity contribution in [3.05, 3.63) is 207 Å². The van der Waals surface area contributed by atoms with Crippen LogP contribution in [0.5, 0.6) is 0 Å². The SMILES string of the molecule is CC(=O)c1ccc2c(c1)Cc1ncnc(NCC(O)CN3CCCCC3)c1-2.CC(=O)c1ccc2c(c1)Cc1ncnc(NCCCN(C)C)c1-2.CC(=O)c1ccc2c(c1)Cc1ncnc(NCCCN)c1-2.CC(=O)c1ccc2c(c1)Cc1ncnc(NCCCN3CCCCC3C)c1-2.CC(=O)c1ccc2c(c1)Cc1ncnc(NCCN3CCCCC3)c1-2. The monoisotopic (exact) mass is 1660 g/mol. The van der Waals surface area contributed by atoms with E-state index in [0.717, 1.165) is 262 Å². The van der Waals surface area contributed by atoms with Crippen molar-refractivity contribution in [2.24, 2.45) is 5.73 Å². The van der Waals surface area contributed by atoms with E-state index in [4.69, 9.17) is 5.73 Å². The fourth-order valence-corrected chi connectivity index (χ4v) is 17.9. The van der Waals surface area contributed by atoms with Gasteiger partial charge in [-0.15, -0.1) is 0 Å². The molecule has 0 bridgehead atoms. The molecule has 0 saturated carbocycles. The van der Waals surface area contributed by atoms with Crippen LogP contribution in [0.15, 0.2) is 123 Å². The fourth-order valence-electron chi connectivity index (χ4n) is 17.9. The molecular weight excluding hydrogens is 1540 g/mol. The van der Waals surface area contributed by atoms with Gasteiger partial charge in [0, 0.05) is 146 Å². The first-order valence-electron chi connectivity index (χ1n) is 44.0. The summed E-state index contributed by atoms with van der Waals surface area (Å²) in [6.07, 6.45) is 26.2. The van der Waals surface area contributed by atoms with Crippen molar-refractivity contribution in [1.82, 2.24) is 69.4 Å². The smallest absolute Gasteiger partial charge is 0.159 e. The van der Waals surface area contributed by atoms with E-state index in [-0.39, 0.29) is 28.9 Å². The van der Waals surface area contributed by atoms with Gasteiger partial charge in [-0.05, 0) is 245 Å². The number of nitrogens with two attached hydrogens (primary N) is 1. The molecule has 26 heteroatoms. The van der Waals surface area contributed by atoms with Gasteiger partial charge in [-0.3, -0.25) is 24.0 Å². The highest BCUT2D eigenvalue weighted by molar-refractivity contribution is 6.00. The number of fused-ring (bicyclic) bond motifs is 15. The van der Waals surface area contributed by atoms with E-state index in [1.54, 1.807) is 66.3 Å². The lowest BCUT2D eigenvalue weighted by atomic mass is 10.0. The van der Waals surface area contributed by atoms with Crippen molar-refractivity contribution >= 4 is 58.0 Å². The van der Waals surface area contributed by atoms with E-state index in [1.165, 1.54) is 88.5 Å². The van der Waals surface area contributed by atoms with Crippen LogP contribution in [-0.2, 0) is 32.1 Å². The zero-order chi connectivity index (χ0) is 86.0. The largest absolute Gasteiger partial charge is 0.390 e. The Kier molecular flexibility index (Phi) is 29.8. The minimum Gasteiger partial charge on any atom is -0.390 e. The van der Waals surface area contributed by atoms with Crippen molar-refractivity contribution in [2.75, 3.05) is 139 Å². The zero-order valence-electron chi connectivity index (χ0n) is 72.7. The van der Waals surface area contributed by atoms with Crippen molar-refractivity contribution in [1.29, 1.82) is 0 Å². The number of aliphatic hydroxyl groups is 1. The Balaban J connectivity index is 0.000000126. The quantitative estimate of drug-likeness (QED) is 0.0177. The second-order valence-electron chi connectivity index (χ2n) is 33.8. The molecule has 18 rings (SSSR count). The highest BCUT2D eigenvalue weighted by Crippen LogP contribution is 2.45. The number of carbonyl (C=O) groups is 5. The van der Waals surface area contributed by atoms with Crippen LogP contribution in [0, 0.1) is 0 Å². The Morgan fingerprint density at radius 3 is 1.05 bits per heavy atom. The minimum absolute atomic E-state index is 0.0685. The van der Waals surface area contributed by atoms with E-state index in [1.807, 2.05) is 91.0 Å². The second-order valence-corrected chi connectivity index (χ2v) is 33.8. The summed E-state index contributed by atoms with van der Waals surface area (Å²) in [6.45, 7) is 24.6. The summed E-state index contributed by atoms with van der Waals surface area (Å²) >= 11 is 0. The van der Waals surface area contributed by atoms with Crippen molar-refractivity contribution in [2.45, 2.75) is 163 Å². The number of nitrogens with zero attached hydrogens (tertiary/aromatic N) is 14. The number of piperidine rings is 3. The van der Waals surface area contributed by atoms with Crippen molar-refractivity contribution in [3.8, 4) is 55.6 Å². The summed E-state index contributed by atoms with van der Waals surface area (Å²) in [4.78, 5) is 112. The molecule has 3 saturated heterocycles. The molecule has 26 nitrogen and oxygen atoms in total. The first-order chi connectivity index (χ1) is 59.7. The number of rotatable bonds is 28. The highest BCUT2D eigenvalue weighted by Gasteiger charge is 2.31. The molecule has 2 atom stereocenters. The Bertz CT molecular complexity index is 5470. The topological polar surface area (TPSA) is 334 Å². The fraction of sp³-hybridized carbons (Fsp3) is 0.433. The summed E-state index contributed by atoms with van der Waals surface area (Å²) in [5.74, 6) is 4.78. The average Bonchev–Trinajstić information content (AvgIpc) is 1.65. The molecule has 3 fully saturated rings. The highest BCUT2D eigenvalue weighted by atomic mass is 16.3. The number of nitrogens with one attached hydrogen (secondary N) is 5. The molecule has 10 aromatic rings. The number of β-amino-alcohol motifs (C(OH)–C–C–N with tert-alkyl or cyclic N) is 1. The minimum atomic E-state index is -0.435. The number of likely N-dealkylation sites (tertiary alicyclic amines) is 3. The van der Waals surface area contributed by atoms with E-state index < -0.39 is 6.10 Å². The normalized spacial score (nSPS) is 15.6. The molecule has 123 heavy (non-hydrogen) atoms. The molecular formula is C97H118N20O6. The molecule has 2 unspecified atom stereocenters. The molecule has 5 aromatic heterocycles. The van der Waals surface area contributed by atoms with Crippen LogP contribution < -0.4 is 32.3 Å². The number of anilines is 5.